The van der Waals surface area contributed by atoms with E-state index in [1.54, 1.807) is 11.9 Å². The number of likely N-dealkylation sites (N-methyl/N-ethyl adjacent to an activating group) is 1. The molecule has 0 aromatic heterocycles. The fourth-order valence-electron chi connectivity index (χ4n) is 2.66. The molecule has 4 nitrogen and oxygen atoms in total. The average Bonchev–Trinajstić information content (AvgIpc) is 2.47. The summed E-state index contributed by atoms with van der Waals surface area (Å²) in [7, 11) is 1.74. The van der Waals surface area contributed by atoms with Crippen LogP contribution in [0.15, 0.2) is 18.2 Å². The molecule has 0 saturated carbocycles. The van der Waals surface area contributed by atoms with E-state index in [1.165, 1.54) is 12.1 Å². The van der Waals surface area contributed by atoms with Crippen molar-refractivity contribution in [2.24, 2.45) is 0 Å². The molecule has 1 aliphatic heterocycles. The quantitative estimate of drug-likeness (QED) is 0.883. The van der Waals surface area contributed by atoms with E-state index in [1.807, 2.05) is 6.92 Å². The standard InChI is InChI=1S/C15H21F2N3O.2ClH/c1-11(13-4-3-12(16)9-14(13)17)19-5-7-20(8-6-19)15(21)10-18-2;;/h3-4,9,11,18H,5-8,10H2,1-2H3;2*1H. The van der Waals surface area contributed by atoms with E-state index < -0.39 is 11.6 Å². The van der Waals surface area contributed by atoms with Crippen molar-refractivity contribution >= 4 is 30.7 Å². The predicted molar refractivity (Wildman–Crippen MR) is 91.3 cm³/mol. The molecule has 1 aliphatic rings. The molecule has 2 rings (SSSR count). The number of halogens is 4. The first-order valence-electron chi connectivity index (χ1n) is 7.14. The molecule has 1 N–H and O–H groups in total. The first-order valence-corrected chi connectivity index (χ1v) is 7.14. The van der Waals surface area contributed by atoms with Gasteiger partial charge in [-0.2, -0.15) is 0 Å². The highest BCUT2D eigenvalue weighted by molar-refractivity contribution is 5.85. The number of carbonyl (C=O) groups is 1. The van der Waals surface area contributed by atoms with E-state index in [9.17, 15) is 13.6 Å². The maximum absolute atomic E-state index is 13.8. The normalized spacial score (nSPS) is 16.3. The molecule has 0 spiro atoms. The largest absolute Gasteiger partial charge is 0.339 e. The summed E-state index contributed by atoms with van der Waals surface area (Å²) in [6.07, 6.45) is 0. The second-order valence-electron chi connectivity index (χ2n) is 5.29. The molecule has 1 aromatic carbocycles. The lowest BCUT2D eigenvalue weighted by Gasteiger charge is -2.38. The number of rotatable bonds is 4. The predicted octanol–water partition coefficient (Wildman–Crippen LogP) is 2.23. The SMILES string of the molecule is CNCC(=O)N1CCN(C(C)c2ccc(F)cc2F)CC1.Cl.Cl. The lowest BCUT2D eigenvalue weighted by atomic mass is 10.1. The van der Waals surface area contributed by atoms with Gasteiger partial charge in [0.2, 0.25) is 5.91 Å². The van der Waals surface area contributed by atoms with Crippen LogP contribution in [0, 0.1) is 11.6 Å². The zero-order valence-electron chi connectivity index (χ0n) is 13.2. The molecule has 1 saturated heterocycles. The van der Waals surface area contributed by atoms with Crippen LogP contribution in [0.4, 0.5) is 8.78 Å². The van der Waals surface area contributed by atoms with Crippen LogP contribution in [-0.4, -0.2) is 55.5 Å². The van der Waals surface area contributed by atoms with Gasteiger partial charge in [-0.1, -0.05) is 6.07 Å². The van der Waals surface area contributed by atoms with E-state index in [2.05, 4.69) is 10.2 Å². The van der Waals surface area contributed by atoms with Gasteiger partial charge < -0.3 is 10.2 Å². The Morgan fingerprint density at radius 3 is 2.35 bits per heavy atom. The number of hydrogen-bond acceptors (Lipinski definition) is 3. The van der Waals surface area contributed by atoms with Gasteiger partial charge in [-0.3, -0.25) is 9.69 Å². The van der Waals surface area contributed by atoms with Gasteiger partial charge in [0.1, 0.15) is 11.6 Å². The van der Waals surface area contributed by atoms with Crippen LogP contribution in [0.5, 0.6) is 0 Å². The summed E-state index contributed by atoms with van der Waals surface area (Å²) >= 11 is 0. The van der Waals surface area contributed by atoms with Crippen molar-refractivity contribution in [3.63, 3.8) is 0 Å². The van der Waals surface area contributed by atoms with Gasteiger partial charge in [0.05, 0.1) is 6.54 Å². The minimum Gasteiger partial charge on any atom is -0.339 e. The summed E-state index contributed by atoms with van der Waals surface area (Å²) < 4.78 is 26.8. The Bertz CT molecular complexity index is 511. The maximum atomic E-state index is 13.8. The van der Waals surface area contributed by atoms with Crippen molar-refractivity contribution in [2.75, 3.05) is 39.8 Å². The topological polar surface area (TPSA) is 35.6 Å². The van der Waals surface area contributed by atoms with Gasteiger partial charge in [-0.05, 0) is 20.0 Å². The van der Waals surface area contributed by atoms with Crippen LogP contribution < -0.4 is 5.32 Å². The van der Waals surface area contributed by atoms with Crippen molar-refractivity contribution in [3.8, 4) is 0 Å². The summed E-state index contributed by atoms with van der Waals surface area (Å²) in [4.78, 5) is 15.7. The summed E-state index contributed by atoms with van der Waals surface area (Å²) in [5, 5.41) is 2.85. The Balaban J connectivity index is 0.00000242. The molecule has 0 aliphatic carbocycles. The highest BCUT2D eigenvalue weighted by Crippen LogP contribution is 2.24. The molecule has 0 bridgehead atoms. The second kappa shape index (κ2) is 10.0. The number of benzene rings is 1. The molecule has 0 radical (unpaired) electrons. The van der Waals surface area contributed by atoms with Crippen LogP contribution in [0.2, 0.25) is 0 Å². The van der Waals surface area contributed by atoms with Crippen molar-refractivity contribution in [1.29, 1.82) is 0 Å². The van der Waals surface area contributed by atoms with Crippen molar-refractivity contribution < 1.29 is 13.6 Å². The van der Waals surface area contributed by atoms with E-state index in [4.69, 9.17) is 0 Å². The summed E-state index contributed by atoms with van der Waals surface area (Å²) in [5.74, 6) is -1.00. The average molecular weight is 370 g/mol. The summed E-state index contributed by atoms with van der Waals surface area (Å²) in [5.41, 5.74) is 0.492. The van der Waals surface area contributed by atoms with E-state index in [0.717, 1.165) is 6.07 Å². The Hall–Kier alpha value is -0.950. The van der Waals surface area contributed by atoms with Crippen molar-refractivity contribution in [2.45, 2.75) is 13.0 Å². The molecule has 1 fully saturated rings. The highest BCUT2D eigenvalue weighted by Gasteiger charge is 2.25. The van der Waals surface area contributed by atoms with E-state index in [-0.39, 0.29) is 36.8 Å². The fourth-order valence-corrected chi connectivity index (χ4v) is 2.66. The highest BCUT2D eigenvalue weighted by atomic mass is 35.5. The number of nitrogens with zero attached hydrogens (tertiary/aromatic N) is 2. The van der Waals surface area contributed by atoms with Crippen LogP contribution >= 0.6 is 24.8 Å². The maximum Gasteiger partial charge on any atom is 0.236 e. The monoisotopic (exact) mass is 369 g/mol. The van der Waals surface area contributed by atoms with Crippen molar-refractivity contribution in [1.82, 2.24) is 15.1 Å². The van der Waals surface area contributed by atoms with Crippen LogP contribution in [0.1, 0.15) is 18.5 Å². The van der Waals surface area contributed by atoms with Crippen LogP contribution in [-0.2, 0) is 4.79 Å². The first kappa shape index (κ1) is 22.1. The lowest BCUT2D eigenvalue weighted by Crippen LogP contribution is -2.51. The Morgan fingerprint density at radius 2 is 1.83 bits per heavy atom. The minimum atomic E-state index is -0.564. The van der Waals surface area contributed by atoms with E-state index >= 15 is 0 Å². The van der Waals surface area contributed by atoms with Gasteiger partial charge in [-0.15, -0.1) is 24.8 Å². The number of nitrogens with one attached hydrogen (secondary N) is 1. The number of hydrogen-bond donors (Lipinski definition) is 1. The summed E-state index contributed by atoms with van der Waals surface area (Å²) in [6.45, 7) is 4.88. The third kappa shape index (κ3) is 5.57. The van der Waals surface area contributed by atoms with Crippen LogP contribution in [0.25, 0.3) is 0 Å². The summed E-state index contributed by atoms with van der Waals surface area (Å²) in [6, 6.07) is 3.56. The molecule has 23 heavy (non-hydrogen) atoms. The van der Waals surface area contributed by atoms with Crippen molar-refractivity contribution in [3.05, 3.63) is 35.4 Å². The van der Waals surface area contributed by atoms with Gasteiger partial charge in [0.15, 0.2) is 0 Å². The van der Waals surface area contributed by atoms with Gasteiger partial charge in [0.25, 0.3) is 0 Å². The Kier molecular flexibility index (Phi) is 9.61. The molecule has 1 unspecified atom stereocenters. The first-order chi connectivity index (χ1) is 10.0. The fraction of sp³-hybridized carbons (Fsp3) is 0.533. The second-order valence-corrected chi connectivity index (χ2v) is 5.29. The zero-order valence-corrected chi connectivity index (χ0v) is 14.9. The lowest BCUT2D eigenvalue weighted by molar-refractivity contribution is -0.132. The Labute approximate surface area is 148 Å². The number of amides is 1. The molecule has 1 atom stereocenters. The third-order valence-corrected chi connectivity index (χ3v) is 3.96. The number of piperazine rings is 1. The van der Waals surface area contributed by atoms with Gasteiger partial charge in [-0.25, -0.2) is 8.78 Å². The van der Waals surface area contributed by atoms with Gasteiger partial charge in [0, 0.05) is 43.9 Å². The minimum absolute atomic E-state index is 0. The van der Waals surface area contributed by atoms with E-state index in [0.29, 0.717) is 38.3 Å². The molecule has 8 heteroatoms. The smallest absolute Gasteiger partial charge is 0.236 e. The van der Waals surface area contributed by atoms with Gasteiger partial charge >= 0.3 is 0 Å². The molecule has 1 amide bonds. The zero-order chi connectivity index (χ0) is 15.4. The molecule has 1 heterocycles. The molecular weight excluding hydrogens is 347 g/mol. The third-order valence-electron chi connectivity index (χ3n) is 3.96. The molecular formula is C15H23Cl2F2N3O. The molecule has 132 valence electrons. The Morgan fingerprint density at radius 1 is 1.22 bits per heavy atom. The molecule has 1 aromatic rings. The number of carbonyl (C=O) groups excluding carboxylic acids is 1. The van der Waals surface area contributed by atoms with Crippen LogP contribution in [0.3, 0.4) is 0 Å².